The molecule has 1 aromatic heterocycles. The van der Waals surface area contributed by atoms with Crippen LogP contribution in [0.15, 0.2) is 28.4 Å². The van der Waals surface area contributed by atoms with E-state index in [4.69, 9.17) is 10.2 Å². The zero-order valence-electron chi connectivity index (χ0n) is 7.73. The van der Waals surface area contributed by atoms with Crippen LogP contribution in [-0.4, -0.2) is 17.8 Å². The Kier molecular flexibility index (Phi) is 3.73. The second-order valence-electron chi connectivity index (χ2n) is 3.00. The van der Waals surface area contributed by atoms with E-state index in [1.807, 2.05) is 25.1 Å². The molecule has 1 rings (SSSR count). The van der Waals surface area contributed by atoms with Crippen molar-refractivity contribution in [1.82, 2.24) is 0 Å². The molecule has 1 atom stereocenters. The second kappa shape index (κ2) is 4.84. The van der Waals surface area contributed by atoms with Crippen LogP contribution in [0.25, 0.3) is 6.08 Å². The highest BCUT2D eigenvalue weighted by Gasteiger charge is 2.05. The molecule has 3 N–H and O–H groups in total. The Bertz CT molecular complexity index is 264. The Balaban J connectivity index is 2.60. The SMILES string of the molecule is C/C(=C\c1ccco1)[C@@H](O)CCN. The summed E-state index contributed by atoms with van der Waals surface area (Å²) in [6.07, 6.45) is 3.55. The summed E-state index contributed by atoms with van der Waals surface area (Å²) in [5.41, 5.74) is 6.21. The van der Waals surface area contributed by atoms with Crippen molar-refractivity contribution in [3.63, 3.8) is 0 Å². The lowest BCUT2D eigenvalue weighted by atomic mass is 10.1. The van der Waals surface area contributed by atoms with Gasteiger partial charge in [0.05, 0.1) is 12.4 Å². The van der Waals surface area contributed by atoms with Crippen LogP contribution in [0.1, 0.15) is 19.1 Å². The lowest BCUT2D eigenvalue weighted by Gasteiger charge is -2.08. The maximum Gasteiger partial charge on any atom is 0.126 e. The molecule has 0 fully saturated rings. The molecule has 0 unspecified atom stereocenters. The summed E-state index contributed by atoms with van der Waals surface area (Å²) in [6.45, 7) is 2.35. The van der Waals surface area contributed by atoms with Crippen LogP contribution in [0.3, 0.4) is 0 Å². The van der Waals surface area contributed by atoms with Crippen molar-refractivity contribution in [2.24, 2.45) is 5.73 Å². The normalized spacial score (nSPS) is 14.5. The highest BCUT2D eigenvalue weighted by molar-refractivity contribution is 5.47. The Labute approximate surface area is 77.9 Å². The number of aliphatic hydroxyl groups is 1. The van der Waals surface area contributed by atoms with Gasteiger partial charge in [-0.15, -0.1) is 0 Å². The molecule has 3 nitrogen and oxygen atoms in total. The zero-order valence-corrected chi connectivity index (χ0v) is 7.73. The molecule has 0 aromatic carbocycles. The first-order valence-corrected chi connectivity index (χ1v) is 4.34. The van der Waals surface area contributed by atoms with Crippen molar-refractivity contribution in [3.05, 3.63) is 29.7 Å². The highest BCUT2D eigenvalue weighted by Crippen LogP contribution is 2.11. The quantitative estimate of drug-likeness (QED) is 0.738. The molecule has 0 saturated heterocycles. The van der Waals surface area contributed by atoms with Gasteiger partial charge in [0, 0.05) is 0 Å². The van der Waals surface area contributed by atoms with Crippen LogP contribution in [0.2, 0.25) is 0 Å². The van der Waals surface area contributed by atoms with Crippen molar-refractivity contribution in [3.8, 4) is 0 Å². The highest BCUT2D eigenvalue weighted by atomic mass is 16.3. The molecule has 0 bridgehead atoms. The van der Waals surface area contributed by atoms with E-state index in [1.54, 1.807) is 6.26 Å². The molecule has 0 aliphatic rings. The monoisotopic (exact) mass is 181 g/mol. The average Bonchev–Trinajstić information content (AvgIpc) is 2.57. The molecule has 0 radical (unpaired) electrons. The molecule has 0 spiro atoms. The average molecular weight is 181 g/mol. The smallest absolute Gasteiger partial charge is 0.126 e. The van der Waals surface area contributed by atoms with Gasteiger partial charge >= 0.3 is 0 Å². The van der Waals surface area contributed by atoms with Gasteiger partial charge in [0.25, 0.3) is 0 Å². The Hall–Kier alpha value is -1.06. The van der Waals surface area contributed by atoms with Crippen LogP contribution in [0, 0.1) is 0 Å². The van der Waals surface area contributed by atoms with E-state index < -0.39 is 6.10 Å². The van der Waals surface area contributed by atoms with E-state index in [0.29, 0.717) is 13.0 Å². The number of nitrogens with two attached hydrogens (primary N) is 1. The van der Waals surface area contributed by atoms with E-state index in [2.05, 4.69) is 0 Å². The standard InChI is InChI=1S/C10H15NO2/c1-8(10(12)4-5-11)7-9-3-2-6-13-9/h2-3,6-7,10,12H,4-5,11H2,1H3/b8-7+/t10-/m0/s1. The van der Waals surface area contributed by atoms with Crippen LogP contribution in [-0.2, 0) is 0 Å². The summed E-state index contributed by atoms with van der Waals surface area (Å²) in [5.74, 6) is 0.758. The molecule has 13 heavy (non-hydrogen) atoms. The number of furan rings is 1. The summed E-state index contributed by atoms with van der Waals surface area (Å²) in [6, 6.07) is 3.66. The predicted octanol–water partition coefficient (Wildman–Crippen LogP) is 1.39. The Morgan fingerprint density at radius 1 is 1.77 bits per heavy atom. The molecule has 0 saturated carbocycles. The number of aliphatic hydroxyl groups excluding tert-OH is 1. The zero-order chi connectivity index (χ0) is 9.68. The lowest BCUT2D eigenvalue weighted by Crippen LogP contribution is -2.14. The summed E-state index contributed by atoms with van der Waals surface area (Å²) in [7, 11) is 0. The van der Waals surface area contributed by atoms with Gasteiger partial charge in [-0.3, -0.25) is 0 Å². The molecular formula is C10H15NO2. The first-order valence-electron chi connectivity index (χ1n) is 4.34. The number of hydrogen-bond acceptors (Lipinski definition) is 3. The van der Waals surface area contributed by atoms with Crippen molar-refractivity contribution in [2.45, 2.75) is 19.4 Å². The minimum Gasteiger partial charge on any atom is -0.465 e. The van der Waals surface area contributed by atoms with Gasteiger partial charge in [-0.25, -0.2) is 0 Å². The molecule has 0 aliphatic carbocycles. The maximum atomic E-state index is 9.53. The molecule has 72 valence electrons. The van der Waals surface area contributed by atoms with Gasteiger partial charge in [0.15, 0.2) is 0 Å². The third kappa shape index (κ3) is 3.05. The first kappa shape index (κ1) is 10.0. The van der Waals surface area contributed by atoms with Crippen LogP contribution >= 0.6 is 0 Å². The minimum absolute atomic E-state index is 0.463. The molecular weight excluding hydrogens is 166 g/mol. The van der Waals surface area contributed by atoms with E-state index in [1.165, 1.54) is 0 Å². The topological polar surface area (TPSA) is 59.4 Å². The number of hydrogen-bond donors (Lipinski definition) is 2. The summed E-state index contributed by atoms with van der Waals surface area (Å²) < 4.78 is 5.11. The van der Waals surface area contributed by atoms with E-state index in [0.717, 1.165) is 11.3 Å². The Morgan fingerprint density at radius 2 is 2.54 bits per heavy atom. The summed E-state index contributed by atoms with van der Waals surface area (Å²) >= 11 is 0. The van der Waals surface area contributed by atoms with E-state index in [9.17, 15) is 5.11 Å². The largest absolute Gasteiger partial charge is 0.465 e. The minimum atomic E-state index is -0.463. The van der Waals surface area contributed by atoms with Crippen molar-refractivity contribution < 1.29 is 9.52 Å². The van der Waals surface area contributed by atoms with Gasteiger partial charge in [-0.2, -0.15) is 0 Å². The van der Waals surface area contributed by atoms with Crippen molar-refractivity contribution >= 4 is 6.08 Å². The van der Waals surface area contributed by atoms with Crippen LogP contribution in [0.4, 0.5) is 0 Å². The summed E-state index contributed by atoms with van der Waals surface area (Å²) in [4.78, 5) is 0. The van der Waals surface area contributed by atoms with Gasteiger partial charge in [0.2, 0.25) is 0 Å². The van der Waals surface area contributed by atoms with Crippen molar-refractivity contribution in [2.75, 3.05) is 6.54 Å². The lowest BCUT2D eigenvalue weighted by molar-refractivity contribution is 0.204. The predicted molar refractivity (Wildman–Crippen MR) is 52.0 cm³/mol. The van der Waals surface area contributed by atoms with E-state index in [-0.39, 0.29) is 0 Å². The second-order valence-corrected chi connectivity index (χ2v) is 3.00. The first-order chi connectivity index (χ1) is 6.24. The molecule has 1 aromatic rings. The fourth-order valence-electron chi connectivity index (χ4n) is 1.08. The van der Waals surface area contributed by atoms with Gasteiger partial charge in [0.1, 0.15) is 5.76 Å². The van der Waals surface area contributed by atoms with Crippen molar-refractivity contribution in [1.29, 1.82) is 0 Å². The van der Waals surface area contributed by atoms with Gasteiger partial charge in [-0.1, -0.05) is 0 Å². The van der Waals surface area contributed by atoms with E-state index >= 15 is 0 Å². The van der Waals surface area contributed by atoms with Crippen LogP contribution < -0.4 is 5.73 Å². The van der Waals surface area contributed by atoms with Gasteiger partial charge in [-0.05, 0) is 43.7 Å². The Morgan fingerprint density at radius 3 is 3.08 bits per heavy atom. The number of rotatable bonds is 4. The summed E-state index contributed by atoms with van der Waals surface area (Å²) in [5, 5.41) is 9.53. The fourth-order valence-corrected chi connectivity index (χ4v) is 1.08. The van der Waals surface area contributed by atoms with Crippen LogP contribution in [0.5, 0.6) is 0 Å². The third-order valence-electron chi connectivity index (χ3n) is 1.88. The molecule has 0 amide bonds. The maximum absolute atomic E-state index is 9.53. The van der Waals surface area contributed by atoms with Gasteiger partial charge < -0.3 is 15.3 Å². The third-order valence-corrected chi connectivity index (χ3v) is 1.88. The molecule has 1 heterocycles. The fraction of sp³-hybridized carbons (Fsp3) is 0.400. The molecule has 0 aliphatic heterocycles. The molecule has 3 heteroatoms.